The number of benzene rings is 2. The minimum Gasteiger partial charge on any atom is -0.326 e. The van der Waals surface area contributed by atoms with Gasteiger partial charge in [0.1, 0.15) is 6.42 Å². The first kappa shape index (κ1) is 14.1. The molecule has 104 valence electrons. The molecule has 0 radical (unpaired) electrons. The van der Waals surface area contributed by atoms with Gasteiger partial charge in [0.25, 0.3) is 0 Å². The first-order chi connectivity index (χ1) is 9.44. The molecule has 0 heterocycles. The van der Waals surface area contributed by atoms with Crippen LogP contribution in [-0.2, 0) is 4.79 Å². The molecule has 0 saturated heterocycles. The Morgan fingerprint density at radius 2 is 1.60 bits per heavy atom. The lowest BCUT2D eigenvalue weighted by atomic mass is 10.1. The fourth-order valence-electron chi connectivity index (χ4n) is 1.79. The number of anilines is 1. The predicted molar refractivity (Wildman–Crippen MR) is 71.2 cm³/mol. The number of alkyl halides is 3. The summed E-state index contributed by atoms with van der Waals surface area (Å²) in [4.78, 5) is 11.2. The molecule has 1 N–H and O–H groups in total. The Labute approximate surface area is 114 Å². The van der Waals surface area contributed by atoms with E-state index in [9.17, 15) is 18.0 Å². The monoisotopic (exact) mass is 279 g/mol. The predicted octanol–water partition coefficient (Wildman–Crippen LogP) is 4.24. The van der Waals surface area contributed by atoms with Crippen LogP contribution in [0.15, 0.2) is 54.6 Å². The summed E-state index contributed by atoms with van der Waals surface area (Å²) in [6.45, 7) is 0. The second kappa shape index (κ2) is 5.77. The van der Waals surface area contributed by atoms with Gasteiger partial charge in [-0.05, 0) is 23.3 Å². The SMILES string of the molecule is O=C(CC(F)(F)F)Nc1cccc(-c2ccccc2)c1. The fourth-order valence-corrected chi connectivity index (χ4v) is 1.79. The van der Waals surface area contributed by atoms with Gasteiger partial charge in [-0.15, -0.1) is 0 Å². The molecule has 0 fully saturated rings. The summed E-state index contributed by atoms with van der Waals surface area (Å²) < 4.78 is 36.3. The van der Waals surface area contributed by atoms with E-state index in [4.69, 9.17) is 0 Å². The zero-order valence-corrected chi connectivity index (χ0v) is 10.4. The molecule has 2 aromatic carbocycles. The highest BCUT2D eigenvalue weighted by Crippen LogP contribution is 2.24. The molecule has 2 nitrogen and oxygen atoms in total. The van der Waals surface area contributed by atoms with Crippen molar-refractivity contribution in [3.63, 3.8) is 0 Å². The number of carbonyl (C=O) groups is 1. The third-order valence-corrected chi connectivity index (χ3v) is 2.61. The number of rotatable bonds is 3. The largest absolute Gasteiger partial charge is 0.397 e. The van der Waals surface area contributed by atoms with Gasteiger partial charge in [0.2, 0.25) is 5.91 Å². The molecular weight excluding hydrogens is 267 g/mol. The molecule has 0 aliphatic carbocycles. The van der Waals surface area contributed by atoms with Crippen molar-refractivity contribution in [1.29, 1.82) is 0 Å². The Morgan fingerprint density at radius 3 is 2.25 bits per heavy atom. The lowest BCUT2D eigenvalue weighted by Crippen LogP contribution is -2.21. The minimum atomic E-state index is -4.50. The zero-order valence-electron chi connectivity index (χ0n) is 10.4. The van der Waals surface area contributed by atoms with E-state index >= 15 is 0 Å². The smallest absolute Gasteiger partial charge is 0.326 e. The molecule has 20 heavy (non-hydrogen) atoms. The van der Waals surface area contributed by atoms with Crippen molar-refractivity contribution >= 4 is 11.6 Å². The van der Waals surface area contributed by atoms with Crippen LogP contribution in [0.25, 0.3) is 11.1 Å². The Morgan fingerprint density at radius 1 is 0.950 bits per heavy atom. The van der Waals surface area contributed by atoms with Gasteiger partial charge in [-0.25, -0.2) is 0 Å². The van der Waals surface area contributed by atoms with Crippen molar-refractivity contribution in [3.8, 4) is 11.1 Å². The molecule has 5 heteroatoms. The van der Waals surface area contributed by atoms with Crippen molar-refractivity contribution in [2.45, 2.75) is 12.6 Å². The number of carbonyl (C=O) groups excluding carboxylic acids is 1. The molecule has 0 unspecified atom stereocenters. The summed E-state index contributed by atoms with van der Waals surface area (Å²) in [5.74, 6) is -1.07. The summed E-state index contributed by atoms with van der Waals surface area (Å²) in [7, 11) is 0. The van der Waals surface area contributed by atoms with E-state index in [1.54, 1.807) is 18.2 Å². The maximum atomic E-state index is 12.1. The van der Waals surface area contributed by atoms with Gasteiger partial charge in [0.05, 0.1) is 0 Å². The van der Waals surface area contributed by atoms with E-state index in [1.807, 2.05) is 36.4 Å². The van der Waals surface area contributed by atoms with E-state index in [2.05, 4.69) is 5.32 Å². The second-order valence-corrected chi connectivity index (χ2v) is 4.29. The summed E-state index contributed by atoms with van der Waals surface area (Å²) in [5.41, 5.74) is 2.11. The molecule has 0 spiro atoms. The van der Waals surface area contributed by atoms with E-state index in [-0.39, 0.29) is 0 Å². The van der Waals surface area contributed by atoms with Gasteiger partial charge in [-0.1, -0.05) is 42.5 Å². The van der Waals surface area contributed by atoms with Crippen LogP contribution < -0.4 is 5.32 Å². The molecule has 2 aromatic rings. The second-order valence-electron chi connectivity index (χ2n) is 4.29. The highest BCUT2D eigenvalue weighted by Gasteiger charge is 2.31. The van der Waals surface area contributed by atoms with Crippen LogP contribution in [0.1, 0.15) is 6.42 Å². The zero-order chi connectivity index (χ0) is 14.6. The normalized spacial score (nSPS) is 11.2. The number of hydrogen-bond acceptors (Lipinski definition) is 1. The van der Waals surface area contributed by atoms with Crippen LogP contribution in [0.4, 0.5) is 18.9 Å². The van der Waals surface area contributed by atoms with Gasteiger partial charge in [-0.2, -0.15) is 13.2 Å². The molecule has 0 aromatic heterocycles. The number of nitrogens with one attached hydrogen (secondary N) is 1. The Bertz CT molecular complexity index is 594. The van der Waals surface area contributed by atoms with Crippen molar-refractivity contribution in [1.82, 2.24) is 0 Å². The lowest BCUT2D eigenvalue weighted by molar-refractivity contribution is -0.150. The minimum absolute atomic E-state index is 0.348. The average Bonchev–Trinajstić information content (AvgIpc) is 2.38. The maximum Gasteiger partial charge on any atom is 0.397 e. The van der Waals surface area contributed by atoms with Crippen LogP contribution in [0, 0.1) is 0 Å². The van der Waals surface area contributed by atoms with Crippen LogP contribution >= 0.6 is 0 Å². The quantitative estimate of drug-likeness (QED) is 0.894. The van der Waals surface area contributed by atoms with Gasteiger partial charge in [0, 0.05) is 5.69 Å². The first-order valence-corrected chi connectivity index (χ1v) is 5.96. The van der Waals surface area contributed by atoms with E-state index in [0.717, 1.165) is 11.1 Å². The third kappa shape index (κ3) is 4.12. The molecule has 0 aliphatic heterocycles. The Balaban J connectivity index is 2.13. The number of hydrogen-bond donors (Lipinski definition) is 1. The van der Waals surface area contributed by atoms with Crippen LogP contribution in [0.2, 0.25) is 0 Å². The van der Waals surface area contributed by atoms with Crippen molar-refractivity contribution in [2.75, 3.05) is 5.32 Å². The van der Waals surface area contributed by atoms with Gasteiger partial charge in [0.15, 0.2) is 0 Å². The lowest BCUT2D eigenvalue weighted by Gasteiger charge is -2.09. The Hall–Kier alpha value is -2.30. The van der Waals surface area contributed by atoms with Crippen LogP contribution in [0.5, 0.6) is 0 Å². The summed E-state index contributed by atoms with van der Waals surface area (Å²) in [6.07, 6.45) is -5.98. The van der Waals surface area contributed by atoms with Gasteiger partial charge in [-0.3, -0.25) is 4.79 Å². The van der Waals surface area contributed by atoms with E-state index in [0.29, 0.717) is 5.69 Å². The highest BCUT2D eigenvalue weighted by atomic mass is 19.4. The summed E-state index contributed by atoms with van der Waals surface area (Å²) in [5, 5.41) is 2.25. The Kier molecular flexibility index (Phi) is 4.08. The van der Waals surface area contributed by atoms with E-state index in [1.165, 1.54) is 0 Å². The van der Waals surface area contributed by atoms with E-state index < -0.39 is 18.5 Å². The first-order valence-electron chi connectivity index (χ1n) is 5.96. The fraction of sp³-hybridized carbons (Fsp3) is 0.133. The molecular formula is C15H12F3NO. The molecule has 2 rings (SSSR count). The van der Waals surface area contributed by atoms with Gasteiger partial charge >= 0.3 is 6.18 Å². The number of amides is 1. The maximum absolute atomic E-state index is 12.1. The van der Waals surface area contributed by atoms with Crippen molar-refractivity contribution in [2.24, 2.45) is 0 Å². The third-order valence-electron chi connectivity index (χ3n) is 2.61. The average molecular weight is 279 g/mol. The van der Waals surface area contributed by atoms with Crippen molar-refractivity contribution in [3.05, 3.63) is 54.6 Å². The molecule has 1 amide bonds. The van der Waals surface area contributed by atoms with Gasteiger partial charge < -0.3 is 5.32 Å². The summed E-state index contributed by atoms with van der Waals surface area (Å²) >= 11 is 0. The topological polar surface area (TPSA) is 29.1 Å². The van der Waals surface area contributed by atoms with Crippen molar-refractivity contribution < 1.29 is 18.0 Å². The standard InChI is InChI=1S/C15H12F3NO/c16-15(17,18)10-14(20)19-13-8-4-7-12(9-13)11-5-2-1-3-6-11/h1-9H,10H2,(H,19,20). The molecule has 0 saturated carbocycles. The molecule has 0 aliphatic rings. The van der Waals surface area contributed by atoms with Crippen LogP contribution in [0.3, 0.4) is 0 Å². The number of halogens is 3. The molecule has 0 atom stereocenters. The molecule has 0 bridgehead atoms. The summed E-state index contributed by atoms with van der Waals surface area (Å²) in [6, 6.07) is 16.1. The van der Waals surface area contributed by atoms with Crippen LogP contribution in [-0.4, -0.2) is 12.1 Å². The highest BCUT2D eigenvalue weighted by molar-refractivity contribution is 5.91.